The third-order valence-corrected chi connectivity index (χ3v) is 7.53. The summed E-state index contributed by atoms with van der Waals surface area (Å²) in [6, 6.07) is 14.0. The number of sulfonamides is 1. The van der Waals surface area contributed by atoms with E-state index in [0.717, 1.165) is 11.7 Å². The van der Waals surface area contributed by atoms with Gasteiger partial charge in [0.2, 0.25) is 0 Å². The van der Waals surface area contributed by atoms with Gasteiger partial charge in [-0.1, -0.05) is 46.9 Å². The molecule has 3 aromatic carbocycles. The number of aromatic nitrogens is 2. The molecule has 0 aliphatic carbocycles. The molecule has 0 radical (unpaired) electrons. The lowest BCUT2D eigenvalue weighted by Gasteiger charge is -2.20. The Hall–Kier alpha value is -2.43. The Kier molecular flexibility index (Phi) is 6.78. The van der Waals surface area contributed by atoms with E-state index in [1.54, 1.807) is 37.4 Å². The highest BCUT2D eigenvalue weighted by molar-refractivity contribution is 7.93. The van der Waals surface area contributed by atoms with Gasteiger partial charge in [0.1, 0.15) is 15.9 Å². The number of amides is 1. The Labute approximate surface area is 209 Å². The third-order valence-electron chi connectivity index (χ3n) is 4.76. The highest BCUT2D eigenvalue weighted by atomic mass is 35.5. The van der Waals surface area contributed by atoms with Crippen molar-refractivity contribution in [1.82, 2.24) is 13.6 Å². The number of hydrogen-bond acceptors (Lipinski definition) is 6. The van der Waals surface area contributed by atoms with Gasteiger partial charge >= 0.3 is 0 Å². The fourth-order valence-electron chi connectivity index (χ4n) is 3.16. The molecule has 12 heteroatoms. The van der Waals surface area contributed by atoms with E-state index in [-0.39, 0.29) is 33.2 Å². The van der Waals surface area contributed by atoms with Crippen molar-refractivity contribution in [1.29, 1.82) is 0 Å². The molecule has 4 rings (SSSR count). The van der Waals surface area contributed by atoms with Gasteiger partial charge in [0.25, 0.3) is 15.9 Å². The molecule has 0 aliphatic heterocycles. The summed E-state index contributed by atoms with van der Waals surface area (Å²) in [6.07, 6.45) is 0. The average Bonchev–Trinajstić information content (AvgIpc) is 3.25. The number of hydrogen-bond donors (Lipinski definition) is 1. The van der Waals surface area contributed by atoms with Crippen molar-refractivity contribution in [3.8, 4) is 0 Å². The fourth-order valence-corrected chi connectivity index (χ4v) is 5.65. The molecule has 1 N–H and O–H groups in total. The molecule has 0 saturated carbocycles. The summed E-state index contributed by atoms with van der Waals surface area (Å²) in [4.78, 5) is 14.6. The zero-order valence-electron chi connectivity index (χ0n) is 16.9. The lowest BCUT2D eigenvalue weighted by molar-refractivity contribution is 0.0786. The maximum absolute atomic E-state index is 13.2. The maximum atomic E-state index is 13.2. The zero-order chi connectivity index (χ0) is 23.8. The van der Waals surface area contributed by atoms with Crippen LogP contribution in [-0.4, -0.2) is 35.0 Å². The van der Waals surface area contributed by atoms with Gasteiger partial charge in [-0.25, -0.2) is 8.42 Å². The van der Waals surface area contributed by atoms with E-state index in [1.807, 2.05) is 0 Å². The smallest absolute Gasteiger partial charge is 0.264 e. The first-order valence-electron chi connectivity index (χ1n) is 9.39. The van der Waals surface area contributed by atoms with Crippen molar-refractivity contribution < 1.29 is 13.2 Å². The monoisotopic (exact) mass is 540 g/mol. The van der Waals surface area contributed by atoms with Crippen LogP contribution in [0.1, 0.15) is 15.9 Å². The topological polar surface area (TPSA) is 92.3 Å². The van der Waals surface area contributed by atoms with Gasteiger partial charge in [-0.3, -0.25) is 9.52 Å². The van der Waals surface area contributed by atoms with Gasteiger partial charge in [0.15, 0.2) is 0 Å². The van der Waals surface area contributed by atoms with Gasteiger partial charge in [0.05, 0.1) is 23.0 Å². The van der Waals surface area contributed by atoms with E-state index < -0.39 is 15.9 Å². The number of carbonyl (C=O) groups is 1. The number of nitrogens with zero attached hydrogens (tertiary/aromatic N) is 3. The molecule has 0 bridgehead atoms. The molecule has 1 amide bonds. The van der Waals surface area contributed by atoms with Crippen molar-refractivity contribution in [2.45, 2.75) is 11.4 Å². The van der Waals surface area contributed by atoms with E-state index in [1.165, 1.54) is 29.2 Å². The zero-order valence-corrected chi connectivity index (χ0v) is 20.8. The van der Waals surface area contributed by atoms with Gasteiger partial charge in [0, 0.05) is 28.7 Å². The first-order chi connectivity index (χ1) is 15.7. The quantitative estimate of drug-likeness (QED) is 0.337. The van der Waals surface area contributed by atoms with Crippen LogP contribution in [0.3, 0.4) is 0 Å². The van der Waals surface area contributed by atoms with Crippen LogP contribution < -0.4 is 4.72 Å². The number of halogens is 3. The third kappa shape index (κ3) is 5.07. The summed E-state index contributed by atoms with van der Waals surface area (Å²) in [5.41, 5.74) is 1.57. The standard InChI is InChI=1S/C21H15Cl3N4O3S2/c1-28(11-12-5-6-14(23)10-16(12)24)21(29)15-9-13(22)7-8-17(15)27-33(30,31)19-4-2-3-18-20(19)26-32-25-18/h2-10,27H,11H2,1H3. The van der Waals surface area contributed by atoms with Crippen LogP contribution in [0.5, 0.6) is 0 Å². The molecule has 0 unspecified atom stereocenters. The number of anilines is 1. The molecule has 0 aliphatic rings. The fraction of sp³-hybridized carbons (Fsp3) is 0.0952. The molecule has 7 nitrogen and oxygen atoms in total. The van der Waals surface area contributed by atoms with Crippen LogP contribution in [0.25, 0.3) is 11.0 Å². The number of carbonyl (C=O) groups excluding carboxylic acids is 1. The Morgan fingerprint density at radius 1 is 1.03 bits per heavy atom. The van der Waals surface area contributed by atoms with Crippen LogP contribution in [0.4, 0.5) is 5.69 Å². The summed E-state index contributed by atoms with van der Waals surface area (Å²) < 4.78 is 36.9. The Morgan fingerprint density at radius 2 is 1.76 bits per heavy atom. The van der Waals surface area contributed by atoms with Crippen molar-refractivity contribution in [2.75, 3.05) is 11.8 Å². The summed E-state index contributed by atoms with van der Waals surface area (Å²) >= 11 is 19.2. The van der Waals surface area contributed by atoms with Gasteiger partial charge < -0.3 is 4.90 Å². The lowest BCUT2D eigenvalue weighted by atomic mass is 10.1. The first kappa shape index (κ1) is 23.7. The second-order valence-electron chi connectivity index (χ2n) is 7.08. The van der Waals surface area contributed by atoms with Crippen LogP contribution in [-0.2, 0) is 16.6 Å². The normalized spacial score (nSPS) is 11.5. The number of rotatable bonds is 6. The largest absolute Gasteiger partial charge is 0.337 e. The van der Waals surface area contributed by atoms with Crippen LogP contribution in [0.2, 0.25) is 15.1 Å². The molecule has 0 saturated heterocycles. The van der Waals surface area contributed by atoms with Crippen molar-refractivity contribution in [3.63, 3.8) is 0 Å². The lowest BCUT2D eigenvalue weighted by Crippen LogP contribution is -2.28. The molecule has 1 aromatic heterocycles. The highest BCUT2D eigenvalue weighted by Crippen LogP contribution is 2.28. The minimum Gasteiger partial charge on any atom is -0.337 e. The molecule has 0 atom stereocenters. The predicted molar refractivity (Wildman–Crippen MR) is 132 cm³/mol. The molecule has 1 heterocycles. The van der Waals surface area contributed by atoms with Crippen LogP contribution >= 0.6 is 46.5 Å². The van der Waals surface area contributed by atoms with E-state index in [0.29, 0.717) is 21.1 Å². The molecular weight excluding hydrogens is 527 g/mol. The minimum atomic E-state index is -4.07. The van der Waals surface area contributed by atoms with Crippen LogP contribution in [0.15, 0.2) is 59.5 Å². The van der Waals surface area contributed by atoms with Crippen molar-refractivity contribution >= 4 is 79.2 Å². The summed E-state index contributed by atoms with van der Waals surface area (Å²) in [6.45, 7) is 0.178. The molecule has 0 fully saturated rings. The van der Waals surface area contributed by atoms with Gasteiger partial charge in [-0.05, 0) is 48.0 Å². The predicted octanol–water partition coefficient (Wildman–Crippen LogP) is 5.72. The Morgan fingerprint density at radius 3 is 2.52 bits per heavy atom. The van der Waals surface area contributed by atoms with E-state index in [9.17, 15) is 13.2 Å². The Bertz CT molecular complexity index is 1470. The second-order valence-corrected chi connectivity index (χ2v) is 10.5. The maximum Gasteiger partial charge on any atom is 0.264 e. The van der Waals surface area contributed by atoms with E-state index in [4.69, 9.17) is 34.8 Å². The summed E-state index contributed by atoms with van der Waals surface area (Å²) in [7, 11) is -2.49. The highest BCUT2D eigenvalue weighted by Gasteiger charge is 2.24. The average molecular weight is 542 g/mol. The number of fused-ring (bicyclic) bond motifs is 1. The second kappa shape index (κ2) is 9.44. The van der Waals surface area contributed by atoms with E-state index in [2.05, 4.69) is 13.5 Å². The van der Waals surface area contributed by atoms with Gasteiger partial charge in [-0.15, -0.1) is 0 Å². The van der Waals surface area contributed by atoms with Crippen molar-refractivity contribution in [2.24, 2.45) is 0 Å². The molecule has 4 aromatic rings. The summed E-state index contributed by atoms with van der Waals surface area (Å²) in [5.74, 6) is -0.449. The molecule has 33 heavy (non-hydrogen) atoms. The Balaban J connectivity index is 1.66. The van der Waals surface area contributed by atoms with Gasteiger partial charge in [-0.2, -0.15) is 8.75 Å². The summed E-state index contributed by atoms with van der Waals surface area (Å²) in [5, 5.41) is 1.18. The van der Waals surface area contributed by atoms with E-state index >= 15 is 0 Å². The molecular formula is C21H15Cl3N4O3S2. The van der Waals surface area contributed by atoms with Crippen LogP contribution in [0, 0.1) is 0 Å². The van der Waals surface area contributed by atoms with Crippen molar-refractivity contribution in [3.05, 3.63) is 80.8 Å². The SMILES string of the molecule is CN(Cc1ccc(Cl)cc1Cl)C(=O)c1cc(Cl)ccc1NS(=O)(=O)c1cccc2nsnc12. The minimum absolute atomic E-state index is 0.0385. The molecule has 0 spiro atoms. The molecule has 170 valence electrons. The number of benzene rings is 3. The first-order valence-corrected chi connectivity index (χ1v) is 12.7. The number of nitrogens with one attached hydrogen (secondary N) is 1.